The Morgan fingerprint density at radius 2 is 1.71 bits per heavy atom. The predicted molar refractivity (Wildman–Crippen MR) is 133 cm³/mol. The molecule has 0 bridgehead atoms. The molecule has 5 rings (SSSR count). The summed E-state index contributed by atoms with van der Waals surface area (Å²) in [7, 11) is 3.33. The Bertz CT molecular complexity index is 910. The molecule has 7 atom stereocenters. The van der Waals surface area contributed by atoms with E-state index in [4.69, 9.17) is 9.47 Å². The second kappa shape index (κ2) is 8.81. The van der Waals surface area contributed by atoms with E-state index in [-0.39, 0.29) is 5.41 Å². The third-order valence-electron chi connectivity index (χ3n) is 10.7. The molecule has 0 aliphatic heterocycles. The van der Waals surface area contributed by atoms with Crippen LogP contribution >= 0.6 is 0 Å². The Balaban J connectivity index is 1.22. The van der Waals surface area contributed by atoms with Gasteiger partial charge in [0.05, 0.1) is 19.8 Å². The number of Topliss-reactive ketones (excluding diaryl/α,β-unsaturated/α-hetero) is 1. The molecule has 1 aromatic carbocycles. The number of fused-ring (bicyclic) bond motifs is 5. The highest BCUT2D eigenvalue weighted by Crippen LogP contribution is 2.66. The first-order chi connectivity index (χ1) is 16.2. The molecular weight excluding hydrogens is 426 g/mol. The van der Waals surface area contributed by atoms with Gasteiger partial charge in [-0.2, -0.15) is 0 Å². The predicted octanol–water partition coefficient (Wildman–Crippen LogP) is 5.14. The van der Waals surface area contributed by atoms with Crippen LogP contribution in [0.1, 0.15) is 77.2 Å². The minimum absolute atomic E-state index is 0.0491. The Morgan fingerprint density at radius 1 is 0.971 bits per heavy atom. The normalized spacial score (nSPS) is 41.4. The Morgan fingerprint density at radius 3 is 2.41 bits per heavy atom. The largest absolute Gasteiger partial charge is 0.497 e. The van der Waals surface area contributed by atoms with Crippen molar-refractivity contribution < 1.29 is 19.4 Å². The molecule has 5 nitrogen and oxygen atoms in total. The van der Waals surface area contributed by atoms with Crippen LogP contribution in [0.4, 0.5) is 0 Å². The van der Waals surface area contributed by atoms with Crippen molar-refractivity contribution in [2.75, 3.05) is 20.8 Å². The van der Waals surface area contributed by atoms with Crippen LogP contribution in [0, 0.1) is 34.5 Å². The highest BCUT2D eigenvalue weighted by atomic mass is 16.5. The summed E-state index contributed by atoms with van der Waals surface area (Å²) in [6, 6.07) is 5.91. The maximum Gasteiger partial charge on any atom is 0.139 e. The lowest BCUT2D eigenvalue weighted by Gasteiger charge is -2.61. The molecule has 5 heteroatoms. The molecule has 4 aliphatic rings. The van der Waals surface area contributed by atoms with Gasteiger partial charge in [-0.05, 0) is 98.1 Å². The zero-order chi connectivity index (χ0) is 24.1. The van der Waals surface area contributed by atoms with Crippen molar-refractivity contribution in [3.05, 3.63) is 23.8 Å². The van der Waals surface area contributed by atoms with E-state index in [1.54, 1.807) is 14.2 Å². The van der Waals surface area contributed by atoms with Crippen LogP contribution < -0.4 is 14.8 Å². The van der Waals surface area contributed by atoms with Gasteiger partial charge in [-0.15, -0.1) is 0 Å². The van der Waals surface area contributed by atoms with E-state index < -0.39 is 5.60 Å². The molecule has 0 aromatic heterocycles. The third kappa shape index (κ3) is 3.97. The summed E-state index contributed by atoms with van der Waals surface area (Å²) in [5.74, 6) is 4.70. The number of benzene rings is 1. The summed E-state index contributed by atoms with van der Waals surface area (Å²) in [5, 5.41) is 15.1. The van der Waals surface area contributed by atoms with Crippen molar-refractivity contribution in [1.82, 2.24) is 5.32 Å². The van der Waals surface area contributed by atoms with Crippen LogP contribution in [0.3, 0.4) is 0 Å². The van der Waals surface area contributed by atoms with Crippen molar-refractivity contribution >= 4 is 5.78 Å². The van der Waals surface area contributed by atoms with E-state index in [0.717, 1.165) is 61.5 Å². The third-order valence-corrected chi connectivity index (χ3v) is 10.7. The highest BCUT2D eigenvalue weighted by Gasteiger charge is 2.61. The summed E-state index contributed by atoms with van der Waals surface area (Å²) in [5.41, 5.74) is 0.707. The summed E-state index contributed by atoms with van der Waals surface area (Å²) in [4.78, 5) is 12.7. The molecular formula is C29H43NO4. The molecule has 2 N–H and O–H groups in total. The fraction of sp³-hybridized carbons (Fsp3) is 0.759. The smallest absolute Gasteiger partial charge is 0.139 e. The molecule has 4 fully saturated rings. The number of nitrogens with one attached hydrogen (secondary N) is 1. The van der Waals surface area contributed by atoms with Gasteiger partial charge >= 0.3 is 0 Å². The summed E-state index contributed by atoms with van der Waals surface area (Å²) < 4.78 is 10.8. The van der Waals surface area contributed by atoms with E-state index in [0.29, 0.717) is 42.0 Å². The van der Waals surface area contributed by atoms with E-state index >= 15 is 0 Å². The zero-order valence-electron chi connectivity index (χ0n) is 21.5. The molecule has 0 radical (unpaired) electrons. The minimum atomic E-state index is -0.646. The number of carbonyl (C=O) groups excluding carboxylic acids is 1. The quantitative estimate of drug-likeness (QED) is 0.604. The molecule has 0 spiro atoms. The van der Waals surface area contributed by atoms with Gasteiger partial charge in [-0.1, -0.05) is 13.8 Å². The summed E-state index contributed by atoms with van der Waals surface area (Å²) >= 11 is 0. The number of ketones is 1. The fourth-order valence-corrected chi connectivity index (χ4v) is 8.66. The second-order valence-corrected chi connectivity index (χ2v) is 12.3. The van der Waals surface area contributed by atoms with Gasteiger partial charge in [-0.3, -0.25) is 4.79 Å². The second-order valence-electron chi connectivity index (χ2n) is 12.3. The Hall–Kier alpha value is -1.59. The maximum atomic E-state index is 12.7. The van der Waals surface area contributed by atoms with E-state index in [1.165, 1.54) is 19.3 Å². The number of hydrogen-bond donors (Lipinski definition) is 2. The number of carbonyl (C=O) groups is 1. The van der Waals surface area contributed by atoms with Crippen LogP contribution in [0.2, 0.25) is 0 Å². The highest BCUT2D eigenvalue weighted by molar-refractivity contribution is 5.87. The van der Waals surface area contributed by atoms with Gasteiger partial charge in [0.25, 0.3) is 0 Å². The first-order valence-corrected chi connectivity index (χ1v) is 13.4. The number of rotatable bonds is 6. The lowest BCUT2D eigenvalue weighted by atomic mass is 9.44. The monoisotopic (exact) mass is 469 g/mol. The Kier molecular flexibility index (Phi) is 6.25. The van der Waals surface area contributed by atoms with Gasteiger partial charge in [0.15, 0.2) is 0 Å². The SMILES string of the molecule is COc1cc(CNC[C@@]2(O)CC[C@@]3(C)[C@@H](CC[C@@H]4[C@@H]3CC[C@]3(C)C(=O)CC[C@@H]43)C2)cc(OC)c1. The van der Waals surface area contributed by atoms with Crippen LogP contribution in [0.5, 0.6) is 11.5 Å². The van der Waals surface area contributed by atoms with Gasteiger partial charge < -0.3 is 19.9 Å². The molecule has 0 amide bonds. The molecule has 0 unspecified atom stereocenters. The van der Waals surface area contributed by atoms with Crippen LogP contribution in [-0.4, -0.2) is 37.3 Å². The molecule has 0 saturated heterocycles. The number of hydrogen-bond acceptors (Lipinski definition) is 5. The molecule has 1 aromatic rings. The van der Waals surface area contributed by atoms with Crippen molar-refractivity contribution in [1.29, 1.82) is 0 Å². The van der Waals surface area contributed by atoms with E-state index in [2.05, 4.69) is 19.2 Å². The summed E-state index contributed by atoms with van der Waals surface area (Å²) in [6.07, 6.45) is 9.48. The van der Waals surface area contributed by atoms with Gasteiger partial charge in [0, 0.05) is 31.0 Å². The van der Waals surface area contributed by atoms with Gasteiger partial charge in [-0.25, -0.2) is 0 Å². The minimum Gasteiger partial charge on any atom is -0.497 e. The van der Waals surface area contributed by atoms with Gasteiger partial charge in [0.2, 0.25) is 0 Å². The van der Waals surface area contributed by atoms with E-state index in [1.807, 2.05) is 18.2 Å². The van der Waals surface area contributed by atoms with Crippen molar-refractivity contribution in [2.24, 2.45) is 34.5 Å². The number of aliphatic hydroxyl groups is 1. The first kappa shape index (κ1) is 24.1. The molecule has 4 aliphatic carbocycles. The topological polar surface area (TPSA) is 67.8 Å². The van der Waals surface area contributed by atoms with Crippen LogP contribution in [-0.2, 0) is 11.3 Å². The zero-order valence-corrected chi connectivity index (χ0v) is 21.5. The number of methoxy groups -OCH3 is 2. The van der Waals surface area contributed by atoms with Crippen LogP contribution in [0.25, 0.3) is 0 Å². The molecule has 188 valence electrons. The maximum absolute atomic E-state index is 12.7. The van der Waals surface area contributed by atoms with Crippen LogP contribution in [0.15, 0.2) is 18.2 Å². The molecule has 4 saturated carbocycles. The van der Waals surface area contributed by atoms with Gasteiger partial charge in [0.1, 0.15) is 17.3 Å². The van der Waals surface area contributed by atoms with E-state index in [9.17, 15) is 9.90 Å². The van der Waals surface area contributed by atoms with Crippen molar-refractivity contribution in [3.8, 4) is 11.5 Å². The first-order valence-electron chi connectivity index (χ1n) is 13.4. The molecule has 0 heterocycles. The lowest BCUT2D eigenvalue weighted by Crippen LogP contribution is -2.57. The Labute approximate surface area is 205 Å². The average Bonchev–Trinajstić information content (AvgIpc) is 3.14. The van der Waals surface area contributed by atoms with Crippen molar-refractivity contribution in [3.63, 3.8) is 0 Å². The lowest BCUT2D eigenvalue weighted by molar-refractivity contribution is -0.153. The average molecular weight is 470 g/mol. The standard InChI is InChI=1S/C29H43NO4/c1-27-11-12-29(32,18-30-17-19-13-21(33-3)15-22(14-19)34-4)16-20(27)5-6-23-24-7-8-26(31)28(24,2)10-9-25(23)27/h13-15,20,23-25,30,32H,5-12,16-18H2,1-4H3/t20-,23-,24-,25-,27-,28-,29+/m0/s1. The molecule has 34 heavy (non-hydrogen) atoms. The van der Waals surface area contributed by atoms with Crippen molar-refractivity contribution in [2.45, 2.75) is 83.8 Å². The fourth-order valence-electron chi connectivity index (χ4n) is 8.66. The summed E-state index contributed by atoms with van der Waals surface area (Å²) in [6.45, 7) is 6.07. The number of ether oxygens (including phenoxy) is 2.